The third-order valence-corrected chi connectivity index (χ3v) is 8.64. The van der Waals surface area contributed by atoms with Gasteiger partial charge in [0.1, 0.15) is 0 Å². The summed E-state index contributed by atoms with van der Waals surface area (Å²) in [5.41, 5.74) is 15.0. The number of hydrogen-bond acceptors (Lipinski definition) is 3. The molecule has 0 aliphatic carbocycles. The Labute approximate surface area is 274 Å². The van der Waals surface area contributed by atoms with Gasteiger partial charge in [-0.05, 0) is 71.7 Å². The summed E-state index contributed by atoms with van der Waals surface area (Å²) in [5, 5.41) is 0. The minimum Gasteiger partial charge on any atom is -0.377 e. The first-order chi connectivity index (χ1) is 23.3. The van der Waals surface area contributed by atoms with Gasteiger partial charge in [0.2, 0.25) is 0 Å². The van der Waals surface area contributed by atoms with Crippen molar-refractivity contribution in [2.45, 2.75) is 20.0 Å². The van der Waals surface area contributed by atoms with E-state index in [-0.39, 0.29) is 0 Å². The lowest BCUT2D eigenvalue weighted by Gasteiger charge is -2.07. The molecule has 47 heavy (non-hydrogen) atoms. The fourth-order valence-electron chi connectivity index (χ4n) is 6.46. The molecule has 0 amide bonds. The van der Waals surface area contributed by atoms with Crippen LogP contribution in [0.3, 0.4) is 0 Å². The fraction of sp³-hybridized carbons (Fsp3) is 0.0952. The number of ether oxygens (including phenoxy) is 1. The highest BCUT2D eigenvalue weighted by atomic mass is 16.5. The molecular formula is C42H34N4O. The van der Waals surface area contributed by atoms with E-state index in [4.69, 9.17) is 14.7 Å². The lowest BCUT2D eigenvalue weighted by molar-refractivity contribution is 0.122. The number of fused-ring (bicyclic) bond motifs is 8. The maximum absolute atomic E-state index is 6.15. The topological polar surface area (TPSA) is 66.6 Å². The van der Waals surface area contributed by atoms with Crippen LogP contribution in [0.25, 0.3) is 79.8 Å². The maximum atomic E-state index is 6.15. The molecule has 0 saturated carbocycles. The first-order valence-corrected chi connectivity index (χ1v) is 16.2. The monoisotopic (exact) mass is 610 g/mol. The number of benzene rings is 3. The van der Waals surface area contributed by atoms with Crippen molar-refractivity contribution in [3.63, 3.8) is 0 Å². The average Bonchev–Trinajstić information content (AvgIpc) is 3.95. The van der Waals surface area contributed by atoms with Gasteiger partial charge in [-0.2, -0.15) is 0 Å². The van der Waals surface area contributed by atoms with Crippen LogP contribution in [0.1, 0.15) is 41.7 Å². The molecule has 8 bridgehead atoms. The molecule has 0 atom stereocenters. The predicted molar refractivity (Wildman–Crippen MR) is 195 cm³/mol. The van der Waals surface area contributed by atoms with Crippen molar-refractivity contribution in [3.8, 4) is 33.4 Å². The SMILES string of the molecule is CCCOCc1c2nc(c(-c3ccccc3)c3ccc([nH]3)c(-c3ccccc3)c3nc(c(-c4ccccc4)c4ccc1[nH]4)C=C3)C=C2. The molecule has 0 saturated heterocycles. The summed E-state index contributed by atoms with van der Waals surface area (Å²) in [4.78, 5) is 18.1. The van der Waals surface area contributed by atoms with Gasteiger partial charge in [0.25, 0.3) is 0 Å². The highest BCUT2D eigenvalue weighted by Crippen LogP contribution is 2.36. The smallest absolute Gasteiger partial charge is 0.0758 e. The van der Waals surface area contributed by atoms with Crippen LogP contribution in [0.5, 0.6) is 0 Å². The Hall–Kier alpha value is -5.78. The molecule has 5 heterocycles. The Morgan fingerprint density at radius 2 is 0.851 bits per heavy atom. The van der Waals surface area contributed by atoms with Crippen LogP contribution >= 0.6 is 0 Å². The molecule has 3 aromatic heterocycles. The Morgan fingerprint density at radius 3 is 1.30 bits per heavy atom. The van der Waals surface area contributed by atoms with Crippen LogP contribution in [-0.2, 0) is 11.3 Å². The van der Waals surface area contributed by atoms with E-state index in [0.29, 0.717) is 13.2 Å². The van der Waals surface area contributed by atoms with Gasteiger partial charge in [-0.1, -0.05) is 97.9 Å². The summed E-state index contributed by atoms with van der Waals surface area (Å²) >= 11 is 0. The van der Waals surface area contributed by atoms with Crippen molar-refractivity contribution < 1.29 is 4.74 Å². The second-order valence-electron chi connectivity index (χ2n) is 11.8. The van der Waals surface area contributed by atoms with Crippen molar-refractivity contribution >= 4 is 46.4 Å². The lowest BCUT2D eigenvalue weighted by atomic mass is 10.0. The highest BCUT2D eigenvalue weighted by Gasteiger charge is 2.18. The Balaban J connectivity index is 1.54. The summed E-state index contributed by atoms with van der Waals surface area (Å²) in [5.74, 6) is 0. The molecule has 6 aromatic rings. The molecule has 0 unspecified atom stereocenters. The van der Waals surface area contributed by atoms with E-state index in [0.717, 1.165) is 90.2 Å². The Bertz CT molecular complexity index is 2260. The number of H-pyrrole nitrogens is 2. The number of nitrogens with zero attached hydrogens (tertiary/aromatic N) is 2. The van der Waals surface area contributed by atoms with Crippen LogP contribution in [0.4, 0.5) is 0 Å². The van der Waals surface area contributed by atoms with Gasteiger partial charge in [-0.15, -0.1) is 0 Å². The quantitative estimate of drug-likeness (QED) is 0.176. The van der Waals surface area contributed by atoms with Crippen molar-refractivity contribution in [3.05, 3.63) is 144 Å². The number of aromatic nitrogens is 4. The normalized spacial score (nSPS) is 12.1. The van der Waals surface area contributed by atoms with Gasteiger partial charge >= 0.3 is 0 Å². The molecule has 0 spiro atoms. The lowest BCUT2D eigenvalue weighted by Crippen LogP contribution is -1.97. The number of hydrogen-bond donors (Lipinski definition) is 2. The molecule has 5 heteroatoms. The van der Waals surface area contributed by atoms with E-state index in [1.165, 1.54) is 0 Å². The zero-order valence-electron chi connectivity index (χ0n) is 26.2. The molecule has 0 fully saturated rings. The van der Waals surface area contributed by atoms with Gasteiger partial charge in [-0.25, -0.2) is 9.97 Å². The first kappa shape index (κ1) is 28.7. The van der Waals surface area contributed by atoms with Crippen molar-refractivity contribution in [1.82, 2.24) is 19.9 Å². The zero-order valence-corrected chi connectivity index (χ0v) is 26.2. The van der Waals surface area contributed by atoms with E-state index in [2.05, 4.69) is 138 Å². The predicted octanol–water partition coefficient (Wildman–Crippen LogP) is 10.6. The minimum atomic E-state index is 0.451. The second kappa shape index (κ2) is 12.5. The van der Waals surface area contributed by atoms with Crippen LogP contribution in [0, 0.1) is 0 Å². The largest absolute Gasteiger partial charge is 0.377 e. The Morgan fingerprint density at radius 1 is 0.468 bits per heavy atom. The zero-order chi connectivity index (χ0) is 31.6. The van der Waals surface area contributed by atoms with E-state index >= 15 is 0 Å². The van der Waals surface area contributed by atoms with E-state index in [1.807, 2.05) is 18.2 Å². The van der Waals surface area contributed by atoms with Crippen LogP contribution in [0.2, 0.25) is 0 Å². The fourth-order valence-corrected chi connectivity index (χ4v) is 6.46. The van der Waals surface area contributed by atoms with Gasteiger partial charge in [-0.3, -0.25) is 0 Å². The van der Waals surface area contributed by atoms with Gasteiger partial charge < -0.3 is 14.7 Å². The van der Waals surface area contributed by atoms with Crippen LogP contribution in [0.15, 0.2) is 115 Å². The first-order valence-electron chi connectivity index (χ1n) is 16.2. The molecule has 5 nitrogen and oxygen atoms in total. The molecule has 0 radical (unpaired) electrons. The summed E-state index contributed by atoms with van der Waals surface area (Å²) in [6.07, 6.45) is 9.44. The molecule has 3 aromatic carbocycles. The maximum Gasteiger partial charge on any atom is 0.0758 e. The molecule has 2 aliphatic heterocycles. The summed E-state index contributed by atoms with van der Waals surface area (Å²) in [6, 6.07) is 40.0. The number of aromatic amines is 2. The van der Waals surface area contributed by atoms with Crippen LogP contribution < -0.4 is 0 Å². The third kappa shape index (κ3) is 5.51. The van der Waals surface area contributed by atoms with E-state index in [9.17, 15) is 0 Å². The minimum absolute atomic E-state index is 0.451. The van der Waals surface area contributed by atoms with Gasteiger partial charge in [0.15, 0.2) is 0 Å². The van der Waals surface area contributed by atoms with Gasteiger partial charge in [0, 0.05) is 50.9 Å². The summed E-state index contributed by atoms with van der Waals surface area (Å²) in [6.45, 7) is 3.26. The van der Waals surface area contributed by atoms with Crippen LogP contribution in [-0.4, -0.2) is 26.5 Å². The van der Waals surface area contributed by atoms with Crippen molar-refractivity contribution in [1.29, 1.82) is 0 Å². The standard InChI is InChI=1S/C42H34N4O/c1-2-26-47-27-31-32-18-20-34(43-32)40(28-12-6-3-7-13-28)36-22-24-38(45-36)42(30-16-10-5-11-17-30)39-25-23-37(46-39)41(29-14-8-4-9-15-29)35-21-19-33(31)44-35/h3-25,43,46H,2,26-27H2,1H3. The average molecular weight is 611 g/mol. The molecule has 2 aliphatic rings. The summed E-state index contributed by atoms with van der Waals surface area (Å²) < 4.78 is 6.15. The third-order valence-electron chi connectivity index (χ3n) is 8.64. The van der Waals surface area contributed by atoms with Crippen molar-refractivity contribution in [2.24, 2.45) is 0 Å². The summed E-state index contributed by atoms with van der Waals surface area (Å²) in [7, 11) is 0. The van der Waals surface area contributed by atoms with E-state index in [1.54, 1.807) is 0 Å². The Kier molecular flexibility index (Phi) is 7.66. The molecule has 2 N–H and O–H groups in total. The molecular weight excluding hydrogens is 576 g/mol. The molecule has 8 rings (SSSR count). The van der Waals surface area contributed by atoms with Crippen molar-refractivity contribution in [2.75, 3.05) is 6.61 Å². The molecule has 228 valence electrons. The van der Waals surface area contributed by atoms with E-state index < -0.39 is 0 Å². The van der Waals surface area contributed by atoms with Gasteiger partial charge in [0.05, 0.1) is 29.4 Å². The highest BCUT2D eigenvalue weighted by molar-refractivity contribution is 5.97. The number of rotatable bonds is 7. The number of nitrogens with one attached hydrogen (secondary N) is 2. The second-order valence-corrected chi connectivity index (χ2v) is 11.8.